The lowest BCUT2D eigenvalue weighted by atomic mass is 10.1. The Morgan fingerprint density at radius 3 is 2.56 bits per heavy atom. The smallest absolute Gasteiger partial charge is 0.266 e. The van der Waals surface area contributed by atoms with E-state index in [1.54, 1.807) is 23.7 Å². The summed E-state index contributed by atoms with van der Waals surface area (Å²) < 4.78 is 1.00. The van der Waals surface area contributed by atoms with Gasteiger partial charge in [0.15, 0.2) is 5.17 Å². The van der Waals surface area contributed by atoms with E-state index in [1.165, 1.54) is 33.1 Å². The van der Waals surface area contributed by atoms with Gasteiger partial charge in [0.25, 0.3) is 5.91 Å². The summed E-state index contributed by atoms with van der Waals surface area (Å²) in [5.41, 5.74) is 2.04. The zero-order valence-electron chi connectivity index (χ0n) is 17.6. The minimum Gasteiger partial charge on any atom is -0.335 e. The summed E-state index contributed by atoms with van der Waals surface area (Å²) in [5.74, 6) is -0.0308. The van der Waals surface area contributed by atoms with Gasteiger partial charge in [-0.15, -0.1) is 0 Å². The molecule has 0 atom stereocenters. The fourth-order valence-electron chi connectivity index (χ4n) is 3.72. The number of carbonyl (C=O) groups is 1. The molecule has 32 heavy (non-hydrogen) atoms. The fourth-order valence-corrected chi connectivity index (χ4v) is 6.17. The first-order valence-electron chi connectivity index (χ1n) is 10.2. The van der Waals surface area contributed by atoms with Crippen LogP contribution >= 0.6 is 39.5 Å². The van der Waals surface area contributed by atoms with Gasteiger partial charge < -0.3 is 4.90 Å². The number of anilines is 1. The first kappa shape index (κ1) is 21.4. The van der Waals surface area contributed by atoms with Crippen LogP contribution in [0.4, 0.5) is 11.4 Å². The van der Waals surface area contributed by atoms with E-state index in [0.717, 1.165) is 21.7 Å². The van der Waals surface area contributed by atoms with Gasteiger partial charge >= 0.3 is 0 Å². The van der Waals surface area contributed by atoms with Crippen molar-refractivity contribution in [3.8, 4) is 0 Å². The van der Waals surface area contributed by atoms with Crippen LogP contribution in [0.25, 0.3) is 10.8 Å². The van der Waals surface area contributed by atoms with E-state index in [-0.39, 0.29) is 5.91 Å². The molecule has 1 saturated heterocycles. The number of likely N-dealkylation sites (N-methyl/N-ethyl adjacent to an activating group) is 1. The topological polar surface area (TPSA) is 35.9 Å². The minimum absolute atomic E-state index is 0.0308. The van der Waals surface area contributed by atoms with Crippen LogP contribution in [0.2, 0.25) is 0 Å². The maximum atomic E-state index is 12.8. The molecule has 0 aliphatic carbocycles. The molecule has 0 radical (unpaired) electrons. The Morgan fingerprint density at radius 2 is 1.78 bits per heavy atom. The molecule has 5 rings (SSSR count). The van der Waals surface area contributed by atoms with Crippen LogP contribution in [0.5, 0.6) is 0 Å². The van der Waals surface area contributed by atoms with Crippen molar-refractivity contribution in [3.05, 3.63) is 87.2 Å². The van der Waals surface area contributed by atoms with E-state index in [0.29, 0.717) is 10.1 Å². The first-order chi connectivity index (χ1) is 15.5. The highest BCUT2D eigenvalue weighted by Crippen LogP contribution is 2.49. The van der Waals surface area contributed by atoms with Gasteiger partial charge in [0.1, 0.15) is 0 Å². The second-order valence-corrected chi connectivity index (χ2v) is 10.3. The monoisotopic (exact) mass is 521 g/mol. The third kappa shape index (κ3) is 3.89. The van der Waals surface area contributed by atoms with Crippen LogP contribution in [-0.4, -0.2) is 29.6 Å². The predicted octanol–water partition coefficient (Wildman–Crippen LogP) is 7.15. The second kappa shape index (κ2) is 8.81. The molecule has 0 aromatic heterocycles. The molecular weight excluding hydrogens is 502 g/mol. The van der Waals surface area contributed by atoms with Gasteiger partial charge in [-0.05, 0) is 71.9 Å². The van der Waals surface area contributed by atoms with E-state index in [2.05, 4.69) is 75.2 Å². The Morgan fingerprint density at radius 1 is 1.00 bits per heavy atom. The third-order valence-corrected chi connectivity index (χ3v) is 8.18. The van der Waals surface area contributed by atoms with Crippen molar-refractivity contribution in [1.82, 2.24) is 4.90 Å². The molecule has 0 unspecified atom stereocenters. The number of thioether (sulfide) groups is 2. The lowest BCUT2D eigenvalue weighted by Gasteiger charge is -2.17. The third-order valence-electron chi connectivity index (χ3n) is 5.37. The molecular formula is C25H20BrN3OS2. The lowest BCUT2D eigenvalue weighted by molar-refractivity contribution is -0.121. The molecule has 0 bridgehead atoms. The lowest BCUT2D eigenvalue weighted by Crippen LogP contribution is -2.23. The molecule has 7 heteroatoms. The highest BCUT2D eigenvalue weighted by atomic mass is 79.9. The standard InChI is InChI=1S/C25H20BrN3OS2/c1-3-29-20-13-8-16-6-4-5-7-19(16)23(20)32-22(29)15-14-21-24(30)28(2)25(31-21)27-18-11-9-17(26)10-12-18/h4-15H,3H2,1-2H3/b21-14+,22-15-,27-25?. The number of allylic oxidation sites excluding steroid dienone is 2. The molecule has 4 nitrogen and oxygen atoms in total. The van der Waals surface area contributed by atoms with E-state index >= 15 is 0 Å². The van der Waals surface area contributed by atoms with Gasteiger partial charge in [-0.1, -0.05) is 58.0 Å². The summed E-state index contributed by atoms with van der Waals surface area (Å²) in [6.45, 7) is 3.02. The van der Waals surface area contributed by atoms with E-state index < -0.39 is 0 Å². The van der Waals surface area contributed by atoms with Crippen molar-refractivity contribution in [2.45, 2.75) is 11.8 Å². The quantitative estimate of drug-likeness (QED) is 0.342. The van der Waals surface area contributed by atoms with Crippen molar-refractivity contribution in [2.24, 2.45) is 4.99 Å². The number of amidine groups is 1. The molecule has 1 amide bonds. The predicted molar refractivity (Wildman–Crippen MR) is 141 cm³/mol. The highest BCUT2D eigenvalue weighted by molar-refractivity contribution is 9.10. The molecule has 2 aliphatic rings. The number of rotatable bonds is 3. The van der Waals surface area contributed by atoms with Gasteiger partial charge in [0, 0.05) is 23.0 Å². The molecule has 2 heterocycles. The van der Waals surface area contributed by atoms with Crippen LogP contribution in [0, 0.1) is 0 Å². The van der Waals surface area contributed by atoms with Crippen molar-refractivity contribution in [1.29, 1.82) is 0 Å². The Labute approximate surface area is 204 Å². The normalized spacial score (nSPS) is 19.7. The number of fused-ring (bicyclic) bond motifs is 3. The zero-order chi connectivity index (χ0) is 22.2. The van der Waals surface area contributed by atoms with Crippen LogP contribution in [0.3, 0.4) is 0 Å². The molecule has 3 aromatic rings. The first-order valence-corrected chi connectivity index (χ1v) is 12.7. The Bertz CT molecular complexity index is 1310. The summed E-state index contributed by atoms with van der Waals surface area (Å²) in [5, 5.41) is 4.31. The van der Waals surface area contributed by atoms with Gasteiger partial charge in [0.05, 0.1) is 21.3 Å². The molecule has 160 valence electrons. The van der Waals surface area contributed by atoms with Crippen LogP contribution in [-0.2, 0) is 4.79 Å². The number of hydrogen-bond donors (Lipinski definition) is 0. The van der Waals surface area contributed by atoms with Gasteiger partial charge in [0.2, 0.25) is 0 Å². The van der Waals surface area contributed by atoms with E-state index in [4.69, 9.17) is 0 Å². The Balaban J connectivity index is 1.44. The maximum absolute atomic E-state index is 12.8. The molecule has 0 spiro atoms. The number of halogens is 1. The van der Waals surface area contributed by atoms with Crippen LogP contribution in [0.15, 0.2) is 97.1 Å². The summed E-state index contributed by atoms with van der Waals surface area (Å²) in [6, 6.07) is 20.6. The average molecular weight is 522 g/mol. The van der Waals surface area contributed by atoms with Crippen molar-refractivity contribution in [3.63, 3.8) is 0 Å². The molecule has 1 fully saturated rings. The Hall–Kier alpha value is -2.48. The summed E-state index contributed by atoms with van der Waals surface area (Å²) in [4.78, 5) is 23.3. The van der Waals surface area contributed by atoms with Crippen LogP contribution < -0.4 is 4.90 Å². The van der Waals surface area contributed by atoms with Crippen molar-refractivity contribution in [2.75, 3.05) is 18.5 Å². The van der Waals surface area contributed by atoms with Crippen LogP contribution in [0.1, 0.15) is 6.92 Å². The number of aliphatic imine (C=N–C) groups is 1. The van der Waals surface area contributed by atoms with Crippen molar-refractivity contribution >= 4 is 72.7 Å². The summed E-state index contributed by atoms with van der Waals surface area (Å²) in [7, 11) is 1.77. The number of carbonyl (C=O) groups excluding carboxylic acids is 1. The average Bonchev–Trinajstić information content (AvgIpc) is 3.31. The second-order valence-electron chi connectivity index (χ2n) is 7.35. The molecule has 0 N–H and O–H groups in total. The van der Waals surface area contributed by atoms with Gasteiger partial charge in [-0.3, -0.25) is 9.69 Å². The number of amides is 1. The highest BCUT2D eigenvalue weighted by Gasteiger charge is 2.31. The molecule has 2 aliphatic heterocycles. The van der Waals surface area contributed by atoms with Crippen molar-refractivity contribution < 1.29 is 4.79 Å². The number of hydrogen-bond acceptors (Lipinski definition) is 5. The summed E-state index contributed by atoms with van der Waals surface area (Å²) in [6.07, 6.45) is 3.98. The zero-order valence-corrected chi connectivity index (χ0v) is 20.8. The SMILES string of the molecule is CCN1/C(=C/C=C2/SC(=Nc3ccc(Br)cc3)N(C)C2=O)Sc2c1ccc1ccccc21. The number of benzene rings is 3. The number of nitrogens with zero attached hydrogens (tertiary/aromatic N) is 3. The maximum Gasteiger partial charge on any atom is 0.266 e. The molecule has 0 saturated carbocycles. The largest absolute Gasteiger partial charge is 0.335 e. The van der Waals surface area contributed by atoms with E-state index in [1.807, 2.05) is 30.3 Å². The summed E-state index contributed by atoms with van der Waals surface area (Å²) >= 11 is 6.61. The Kier molecular flexibility index (Phi) is 5.88. The van der Waals surface area contributed by atoms with Gasteiger partial charge in [-0.25, -0.2) is 4.99 Å². The van der Waals surface area contributed by atoms with E-state index in [9.17, 15) is 4.79 Å². The fraction of sp³-hybridized carbons (Fsp3) is 0.120. The minimum atomic E-state index is -0.0308. The molecule has 3 aromatic carbocycles. The van der Waals surface area contributed by atoms with Gasteiger partial charge in [-0.2, -0.15) is 0 Å².